The van der Waals surface area contributed by atoms with Crippen LogP contribution in [0.5, 0.6) is 0 Å². The summed E-state index contributed by atoms with van der Waals surface area (Å²) in [6, 6.07) is -0.623. The Morgan fingerprint density at radius 2 is 1.83 bits per heavy atom. The summed E-state index contributed by atoms with van der Waals surface area (Å²) >= 11 is 0. The average Bonchev–Trinajstić information content (AvgIpc) is 2.43. The molecule has 0 aromatic carbocycles. The van der Waals surface area contributed by atoms with E-state index in [9.17, 15) is 4.79 Å². The van der Waals surface area contributed by atoms with E-state index in [0.717, 1.165) is 12.3 Å². The minimum atomic E-state index is -0.855. The third kappa shape index (κ3) is 11.9. The number of hydrogen-bond acceptors (Lipinski definition) is 3. The van der Waals surface area contributed by atoms with Gasteiger partial charge < -0.3 is 21.5 Å². The fourth-order valence-corrected chi connectivity index (χ4v) is 2.48. The molecule has 136 valence electrons. The van der Waals surface area contributed by atoms with Crippen molar-refractivity contribution in [2.75, 3.05) is 13.6 Å². The fourth-order valence-electron chi connectivity index (χ4n) is 2.48. The van der Waals surface area contributed by atoms with Crippen molar-refractivity contribution in [2.45, 2.75) is 71.9 Å². The molecule has 0 saturated carbocycles. The molecule has 0 aliphatic rings. The van der Waals surface area contributed by atoms with Crippen LogP contribution in [0.3, 0.4) is 0 Å². The second-order valence-electron chi connectivity index (χ2n) is 6.95. The highest BCUT2D eigenvalue weighted by molar-refractivity contribution is 5.78. The summed E-state index contributed by atoms with van der Waals surface area (Å²) in [5.74, 6) is 0.969. The Balaban J connectivity index is 3.99. The molecular formula is C17H36N4O2. The predicted molar refractivity (Wildman–Crippen MR) is 96.7 cm³/mol. The van der Waals surface area contributed by atoms with Gasteiger partial charge in [0.2, 0.25) is 0 Å². The van der Waals surface area contributed by atoms with Gasteiger partial charge in [0, 0.05) is 12.6 Å². The molecule has 0 aliphatic carbocycles. The van der Waals surface area contributed by atoms with Crippen molar-refractivity contribution < 1.29 is 9.90 Å². The minimum absolute atomic E-state index is 0.0456. The van der Waals surface area contributed by atoms with Crippen molar-refractivity contribution in [2.24, 2.45) is 22.6 Å². The number of carboxylic acid groups (broad SMARTS) is 1. The Kier molecular flexibility index (Phi) is 11.5. The maximum Gasteiger partial charge on any atom is 0.320 e. The first kappa shape index (κ1) is 21.7. The molecule has 0 amide bonds. The third-order valence-corrected chi connectivity index (χ3v) is 4.01. The molecular weight excluding hydrogens is 292 g/mol. The molecule has 0 radical (unpaired) electrons. The summed E-state index contributed by atoms with van der Waals surface area (Å²) < 4.78 is 0. The normalized spacial score (nSPS) is 16.2. The highest BCUT2D eigenvalue weighted by atomic mass is 16.4. The van der Waals surface area contributed by atoms with E-state index >= 15 is 0 Å². The molecule has 0 spiro atoms. The molecule has 0 aromatic rings. The lowest BCUT2D eigenvalue weighted by Crippen LogP contribution is -2.44. The largest absolute Gasteiger partial charge is 0.480 e. The maximum absolute atomic E-state index is 11.0. The molecule has 0 aliphatic heterocycles. The van der Waals surface area contributed by atoms with Crippen molar-refractivity contribution >= 4 is 11.9 Å². The van der Waals surface area contributed by atoms with Crippen molar-refractivity contribution in [3.63, 3.8) is 0 Å². The van der Waals surface area contributed by atoms with E-state index < -0.39 is 12.0 Å². The number of rotatable bonds is 12. The van der Waals surface area contributed by atoms with Crippen LogP contribution in [0.4, 0.5) is 0 Å². The zero-order valence-corrected chi connectivity index (χ0v) is 15.4. The minimum Gasteiger partial charge on any atom is -0.480 e. The molecule has 3 unspecified atom stereocenters. The van der Waals surface area contributed by atoms with Gasteiger partial charge in [-0.05, 0) is 38.6 Å². The monoisotopic (exact) mass is 328 g/mol. The van der Waals surface area contributed by atoms with Crippen LogP contribution in [0.25, 0.3) is 0 Å². The van der Waals surface area contributed by atoms with Crippen LogP contribution >= 0.6 is 0 Å². The predicted octanol–water partition coefficient (Wildman–Crippen LogP) is 2.19. The summed E-state index contributed by atoms with van der Waals surface area (Å²) in [6.07, 6.45) is 5.27. The Morgan fingerprint density at radius 3 is 2.35 bits per heavy atom. The van der Waals surface area contributed by atoms with Gasteiger partial charge in [0.05, 0.1) is 0 Å². The molecule has 23 heavy (non-hydrogen) atoms. The number of nitrogens with one attached hydrogen (secondary N) is 2. The first-order valence-corrected chi connectivity index (χ1v) is 8.72. The van der Waals surface area contributed by atoms with Gasteiger partial charge in [0.15, 0.2) is 5.96 Å². The number of likely N-dealkylation sites (N-methyl/N-ethyl adjacent to an activating group) is 1. The lowest BCUT2D eigenvalue weighted by molar-refractivity contribution is -0.139. The number of nitrogens with two attached hydrogens (primary N) is 1. The summed E-state index contributed by atoms with van der Waals surface area (Å²) in [4.78, 5) is 15.3. The molecule has 0 aromatic heterocycles. The van der Waals surface area contributed by atoms with Crippen LogP contribution in [0.2, 0.25) is 0 Å². The van der Waals surface area contributed by atoms with E-state index in [1.54, 1.807) is 7.05 Å². The standard InChI is InChI=1S/C17H36N4O2/c1-12(2)7-6-8-13(3)9-10-20-17(18)21-14(4)11-15(19-5)16(22)23/h12-15,19H,6-11H2,1-5H3,(H,22,23)(H3,18,20,21). The van der Waals surface area contributed by atoms with Crippen molar-refractivity contribution in [1.82, 2.24) is 10.6 Å². The molecule has 0 bridgehead atoms. The molecule has 6 heteroatoms. The Bertz CT molecular complexity index is 359. The van der Waals surface area contributed by atoms with Gasteiger partial charge in [-0.2, -0.15) is 0 Å². The van der Waals surface area contributed by atoms with Gasteiger partial charge >= 0.3 is 5.97 Å². The lowest BCUT2D eigenvalue weighted by Gasteiger charge is -2.19. The summed E-state index contributed by atoms with van der Waals surface area (Å²) in [7, 11) is 1.64. The first-order valence-electron chi connectivity index (χ1n) is 8.72. The molecule has 5 N–H and O–H groups in total. The van der Waals surface area contributed by atoms with Crippen LogP contribution in [0.1, 0.15) is 59.8 Å². The van der Waals surface area contributed by atoms with Crippen molar-refractivity contribution in [3.05, 3.63) is 0 Å². The van der Waals surface area contributed by atoms with E-state index in [1.165, 1.54) is 19.3 Å². The number of aliphatic carboxylic acids is 1. The lowest BCUT2D eigenvalue weighted by atomic mass is 9.97. The van der Waals surface area contributed by atoms with E-state index in [2.05, 4.69) is 36.4 Å². The topological polar surface area (TPSA) is 99.7 Å². The third-order valence-electron chi connectivity index (χ3n) is 4.01. The second kappa shape index (κ2) is 12.2. The Labute approximate surface area is 141 Å². The zero-order valence-electron chi connectivity index (χ0n) is 15.4. The van der Waals surface area contributed by atoms with Gasteiger partial charge in [-0.25, -0.2) is 0 Å². The van der Waals surface area contributed by atoms with Gasteiger partial charge in [0.1, 0.15) is 6.04 Å². The number of aliphatic imine (C=N–C) groups is 1. The Morgan fingerprint density at radius 1 is 1.17 bits per heavy atom. The van der Waals surface area contributed by atoms with Crippen LogP contribution < -0.4 is 16.4 Å². The van der Waals surface area contributed by atoms with Crippen molar-refractivity contribution in [3.8, 4) is 0 Å². The van der Waals surface area contributed by atoms with Gasteiger partial charge in [-0.1, -0.05) is 40.0 Å². The van der Waals surface area contributed by atoms with Gasteiger partial charge in [0.25, 0.3) is 0 Å². The quantitative estimate of drug-likeness (QED) is 0.325. The smallest absolute Gasteiger partial charge is 0.320 e. The van der Waals surface area contributed by atoms with E-state index in [0.29, 0.717) is 24.8 Å². The molecule has 0 rings (SSSR count). The summed E-state index contributed by atoms with van der Waals surface area (Å²) in [5, 5.41) is 14.8. The van der Waals surface area contributed by atoms with Crippen LogP contribution in [0, 0.1) is 11.8 Å². The molecule has 6 nitrogen and oxygen atoms in total. The van der Waals surface area contributed by atoms with E-state index in [4.69, 9.17) is 10.8 Å². The van der Waals surface area contributed by atoms with Crippen LogP contribution in [0.15, 0.2) is 4.99 Å². The number of nitrogens with zero attached hydrogens (tertiary/aromatic N) is 1. The molecule has 3 atom stereocenters. The van der Waals surface area contributed by atoms with Gasteiger partial charge in [-0.15, -0.1) is 0 Å². The molecule has 0 fully saturated rings. The number of carboxylic acids is 1. The molecule has 0 saturated heterocycles. The van der Waals surface area contributed by atoms with E-state index in [1.807, 2.05) is 6.92 Å². The zero-order chi connectivity index (χ0) is 17.8. The second-order valence-corrected chi connectivity index (χ2v) is 6.95. The van der Waals surface area contributed by atoms with Crippen molar-refractivity contribution in [1.29, 1.82) is 0 Å². The number of hydrogen-bond donors (Lipinski definition) is 4. The Hall–Kier alpha value is -1.30. The van der Waals surface area contributed by atoms with Crippen LogP contribution in [-0.4, -0.2) is 42.7 Å². The fraction of sp³-hybridized carbons (Fsp3) is 0.882. The highest BCUT2D eigenvalue weighted by Gasteiger charge is 2.18. The van der Waals surface area contributed by atoms with E-state index in [-0.39, 0.29) is 6.04 Å². The number of carbonyl (C=O) groups is 1. The van der Waals surface area contributed by atoms with Gasteiger partial charge in [-0.3, -0.25) is 9.79 Å². The number of guanidine groups is 1. The summed E-state index contributed by atoms with van der Waals surface area (Å²) in [6.45, 7) is 9.39. The first-order chi connectivity index (χ1) is 10.8. The SMILES string of the molecule is CNC(CC(C)NC(N)=NCCC(C)CCCC(C)C)C(=O)O. The maximum atomic E-state index is 11.0. The average molecular weight is 329 g/mol. The highest BCUT2D eigenvalue weighted by Crippen LogP contribution is 2.15. The molecule has 0 heterocycles. The summed E-state index contributed by atoms with van der Waals surface area (Å²) in [5.41, 5.74) is 5.87. The van der Waals surface area contributed by atoms with Crippen LogP contribution in [-0.2, 0) is 4.79 Å².